The Labute approximate surface area is 175 Å². The van der Waals surface area contributed by atoms with Gasteiger partial charge in [0.25, 0.3) is 10.0 Å². The quantitative estimate of drug-likeness (QED) is 0.666. The fourth-order valence-corrected chi connectivity index (χ4v) is 4.46. The number of aryl methyl sites for hydroxylation is 1. The summed E-state index contributed by atoms with van der Waals surface area (Å²) in [4.78, 5) is 12.3. The van der Waals surface area contributed by atoms with Crippen LogP contribution in [-0.2, 0) is 14.8 Å². The summed E-state index contributed by atoms with van der Waals surface area (Å²) in [6.45, 7) is 3.72. The average molecular weight is 445 g/mol. The van der Waals surface area contributed by atoms with Gasteiger partial charge < -0.3 is 10.1 Å². The Balaban J connectivity index is 2.58. The molecule has 0 aromatic heterocycles. The first kappa shape index (κ1) is 22.3. The molecule has 0 unspecified atom stereocenters. The summed E-state index contributed by atoms with van der Waals surface area (Å²) in [5, 5.41) is 3.16. The predicted octanol–water partition coefficient (Wildman–Crippen LogP) is 4.03. The molecule has 0 bridgehead atoms. The third kappa shape index (κ3) is 5.10. The lowest BCUT2D eigenvalue weighted by molar-refractivity contribution is -0.119. The van der Waals surface area contributed by atoms with E-state index in [2.05, 4.69) is 5.32 Å². The van der Waals surface area contributed by atoms with Gasteiger partial charge >= 0.3 is 0 Å². The molecule has 0 saturated carbocycles. The molecule has 2 aromatic rings. The zero-order chi connectivity index (χ0) is 20.9. The molecule has 28 heavy (non-hydrogen) atoms. The number of nitrogens with zero attached hydrogens (tertiary/aromatic N) is 1. The van der Waals surface area contributed by atoms with E-state index in [1.807, 2.05) is 6.92 Å². The Morgan fingerprint density at radius 1 is 1.14 bits per heavy atom. The van der Waals surface area contributed by atoms with Crippen LogP contribution in [0.25, 0.3) is 0 Å². The fraction of sp³-hybridized carbons (Fsp3) is 0.316. The summed E-state index contributed by atoms with van der Waals surface area (Å²) < 4.78 is 33.1. The van der Waals surface area contributed by atoms with E-state index in [0.717, 1.165) is 16.3 Å². The second-order valence-electron chi connectivity index (χ2n) is 6.11. The van der Waals surface area contributed by atoms with E-state index >= 15 is 0 Å². The number of amides is 1. The SMILES string of the molecule is CCCNC(=O)CN(c1ccc(Cl)c(Cl)c1)S(=O)(=O)c1cc(C)ccc1OC. The predicted molar refractivity (Wildman–Crippen MR) is 112 cm³/mol. The number of methoxy groups -OCH3 is 1. The number of sulfonamides is 1. The van der Waals surface area contributed by atoms with Crippen molar-refractivity contribution in [3.05, 3.63) is 52.0 Å². The first-order valence-electron chi connectivity index (χ1n) is 8.59. The molecule has 2 aromatic carbocycles. The van der Waals surface area contributed by atoms with E-state index in [-0.39, 0.29) is 26.4 Å². The Morgan fingerprint density at radius 2 is 1.86 bits per heavy atom. The van der Waals surface area contributed by atoms with Crippen molar-refractivity contribution in [2.24, 2.45) is 0 Å². The Morgan fingerprint density at radius 3 is 2.46 bits per heavy atom. The molecule has 0 radical (unpaired) electrons. The summed E-state index contributed by atoms with van der Waals surface area (Å²) in [7, 11) is -2.73. The normalized spacial score (nSPS) is 11.2. The van der Waals surface area contributed by atoms with Gasteiger partial charge in [-0.15, -0.1) is 0 Å². The van der Waals surface area contributed by atoms with Crippen molar-refractivity contribution < 1.29 is 17.9 Å². The second-order valence-corrected chi connectivity index (χ2v) is 8.76. The minimum atomic E-state index is -4.12. The number of hydrogen-bond acceptors (Lipinski definition) is 4. The highest BCUT2D eigenvalue weighted by atomic mass is 35.5. The van der Waals surface area contributed by atoms with Gasteiger partial charge in [-0.2, -0.15) is 0 Å². The fourth-order valence-electron chi connectivity index (χ4n) is 2.51. The summed E-state index contributed by atoms with van der Waals surface area (Å²) in [5.74, 6) is -0.243. The lowest BCUT2D eigenvalue weighted by Gasteiger charge is -2.25. The van der Waals surface area contributed by atoms with Crippen molar-refractivity contribution in [3.8, 4) is 5.75 Å². The Kier molecular flexibility index (Phi) is 7.57. The first-order valence-corrected chi connectivity index (χ1v) is 10.8. The monoisotopic (exact) mass is 444 g/mol. The van der Waals surface area contributed by atoms with Crippen LogP contribution in [0.2, 0.25) is 10.0 Å². The van der Waals surface area contributed by atoms with Crippen molar-refractivity contribution in [3.63, 3.8) is 0 Å². The number of carbonyl (C=O) groups is 1. The minimum Gasteiger partial charge on any atom is -0.495 e. The Hall–Kier alpha value is -1.96. The molecule has 0 heterocycles. The third-order valence-corrected chi connectivity index (χ3v) is 6.47. The molecule has 1 amide bonds. The van der Waals surface area contributed by atoms with Gasteiger partial charge in [0, 0.05) is 6.54 Å². The number of carbonyl (C=O) groups excluding carboxylic acids is 1. The van der Waals surface area contributed by atoms with E-state index in [1.54, 1.807) is 19.1 Å². The van der Waals surface area contributed by atoms with Crippen LogP contribution >= 0.6 is 23.2 Å². The maximum Gasteiger partial charge on any atom is 0.268 e. The van der Waals surface area contributed by atoms with Gasteiger partial charge in [-0.1, -0.05) is 36.2 Å². The third-order valence-electron chi connectivity index (χ3n) is 3.94. The number of halogens is 2. The molecule has 0 aliphatic rings. The van der Waals surface area contributed by atoms with Gasteiger partial charge in [0.15, 0.2) is 0 Å². The summed E-state index contributed by atoms with van der Waals surface area (Å²) >= 11 is 12.0. The maximum atomic E-state index is 13.5. The second kappa shape index (κ2) is 9.49. The summed E-state index contributed by atoms with van der Waals surface area (Å²) in [6, 6.07) is 9.22. The smallest absolute Gasteiger partial charge is 0.268 e. The van der Waals surface area contributed by atoms with Crippen molar-refractivity contribution in [1.29, 1.82) is 0 Å². The summed E-state index contributed by atoms with van der Waals surface area (Å²) in [5.41, 5.74) is 0.966. The lowest BCUT2D eigenvalue weighted by atomic mass is 10.2. The van der Waals surface area contributed by atoms with Crippen LogP contribution in [0, 0.1) is 6.92 Å². The highest BCUT2D eigenvalue weighted by Crippen LogP contribution is 2.33. The summed E-state index contributed by atoms with van der Waals surface area (Å²) in [6.07, 6.45) is 0.733. The zero-order valence-electron chi connectivity index (χ0n) is 15.8. The largest absolute Gasteiger partial charge is 0.495 e. The molecule has 0 spiro atoms. The van der Waals surface area contributed by atoms with Gasteiger partial charge in [0.2, 0.25) is 5.91 Å². The molecule has 0 aliphatic heterocycles. The van der Waals surface area contributed by atoms with E-state index in [1.165, 1.54) is 31.4 Å². The van der Waals surface area contributed by atoms with Gasteiger partial charge in [-0.3, -0.25) is 9.10 Å². The van der Waals surface area contributed by atoms with Crippen LogP contribution in [0.4, 0.5) is 5.69 Å². The van der Waals surface area contributed by atoms with Gasteiger partial charge in [0.05, 0.1) is 22.8 Å². The maximum absolute atomic E-state index is 13.5. The standard InChI is InChI=1S/C19H22Cl2N2O4S/c1-4-9-22-19(24)12-23(14-6-7-15(20)16(21)11-14)28(25,26)18-10-13(2)5-8-17(18)27-3/h5-8,10-11H,4,9,12H2,1-3H3,(H,22,24). The molecule has 152 valence electrons. The number of hydrogen-bond donors (Lipinski definition) is 1. The molecular formula is C19H22Cl2N2O4S. The van der Waals surface area contributed by atoms with Crippen LogP contribution in [0.5, 0.6) is 5.75 Å². The van der Waals surface area contributed by atoms with Gasteiger partial charge in [-0.05, 0) is 49.2 Å². The number of benzene rings is 2. The topological polar surface area (TPSA) is 75.7 Å². The van der Waals surface area contributed by atoms with Gasteiger partial charge in [0.1, 0.15) is 17.2 Å². The highest BCUT2D eigenvalue weighted by Gasteiger charge is 2.30. The molecule has 9 heteroatoms. The van der Waals surface area contributed by atoms with Crippen molar-refractivity contribution in [2.75, 3.05) is 24.5 Å². The van der Waals surface area contributed by atoms with Crippen LogP contribution in [0.1, 0.15) is 18.9 Å². The van der Waals surface area contributed by atoms with E-state index in [9.17, 15) is 13.2 Å². The van der Waals surface area contributed by atoms with Crippen molar-refractivity contribution in [1.82, 2.24) is 5.32 Å². The lowest BCUT2D eigenvalue weighted by Crippen LogP contribution is -2.41. The first-order chi connectivity index (χ1) is 13.2. The molecule has 0 fully saturated rings. The van der Waals surface area contributed by atoms with Crippen molar-refractivity contribution >= 4 is 44.8 Å². The van der Waals surface area contributed by atoms with Gasteiger partial charge in [-0.25, -0.2) is 8.42 Å². The minimum absolute atomic E-state index is 0.0376. The number of nitrogens with one attached hydrogen (secondary N) is 1. The molecule has 0 atom stereocenters. The molecule has 0 saturated heterocycles. The van der Waals surface area contributed by atoms with Crippen LogP contribution in [0.3, 0.4) is 0 Å². The molecule has 1 N–H and O–H groups in total. The van der Waals surface area contributed by atoms with Crippen LogP contribution in [-0.4, -0.2) is 34.5 Å². The zero-order valence-corrected chi connectivity index (χ0v) is 18.2. The molecular weight excluding hydrogens is 423 g/mol. The van der Waals surface area contributed by atoms with Crippen LogP contribution in [0.15, 0.2) is 41.3 Å². The molecule has 6 nitrogen and oxygen atoms in total. The van der Waals surface area contributed by atoms with E-state index in [4.69, 9.17) is 27.9 Å². The van der Waals surface area contributed by atoms with Crippen LogP contribution < -0.4 is 14.4 Å². The molecule has 2 rings (SSSR count). The molecule has 0 aliphatic carbocycles. The Bertz CT molecular complexity index is 964. The highest BCUT2D eigenvalue weighted by molar-refractivity contribution is 7.93. The van der Waals surface area contributed by atoms with E-state index in [0.29, 0.717) is 6.54 Å². The number of ether oxygens (including phenoxy) is 1. The van der Waals surface area contributed by atoms with Crippen molar-refractivity contribution in [2.45, 2.75) is 25.2 Å². The number of rotatable bonds is 8. The van der Waals surface area contributed by atoms with E-state index < -0.39 is 22.5 Å². The average Bonchev–Trinajstić information content (AvgIpc) is 2.66. The number of anilines is 1.